The summed E-state index contributed by atoms with van der Waals surface area (Å²) >= 11 is 1.66. The Morgan fingerprint density at radius 1 is 1.46 bits per heavy atom. The standard InChI is InChI=1S/C16H24N4O3S/c1-12(21)19-14(6-10-24-2)15(22)20-9-3-5-13(11-20)23-16-17-7-4-8-18-16/h4,7-8,13-14H,3,5-6,9-11H2,1-2H3,(H,19,21). The minimum absolute atomic E-state index is 0.0402. The van der Waals surface area contributed by atoms with Crippen LogP contribution in [-0.2, 0) is 9.59 Å². The van der Waals surface area contributed by atoms with Gasteiger partial charge in [0.15, 0.2) is 0 Å². The third kappa shape index (κ3) is 5.67. The van der Waals surface area contributed by atoms with E-state index in [1.54, 1.807) is 35.1 Å². The summed E-state index contributed by atoms with van der Waals surface area (Å²) in [6.45, 7) is 2.62. The highest BCUT2D eigenvalue weighted by atomic mass is 32.2. The second-order valence-corrected chi connectivity index (χ2v) is 6.72. The van der Waals surface area contributed by atoms with E-state index < -0.39 is 6.04 Å². The lowest BCUT2D eigenvalue weighted by Crippen LogP contribution is -2.53. The smallest absolute Gasteiger partial charge is 0.316 e. The van der Waals surface area contributed by atoms with Crippen molar-refractivity contribution in [1.82, 2.24) is 20.2 Å². The highest BCUT2D eigenvalue weighted by Crippen LogP contribution is 2.17. The van der Waals surface area contributed by atoms with Gasteiger partial charge >= 0.3 is 6.01 Å². The van der Waals surface area contributed by atoms with Gasteiger partial charge in [0.1, 0.15) is 12.1 Å². The van der Waals surface area contributed by atoms with Gasteiger partial charge in [0.2, 0.25) is 11.8 Å². The van der Waals surface area contributed by atoms with E-state index in [4.69, 9.17) is 4.74 Å². The second kappa shape index (κ2) is 9.46. The number of likely N-dealkylation sites (tertiary alicyclic amines) is 1. The summed E-state index contributed by atoms with van der Waals surface area (Å²) in [6, 6.07) is 1.59. The highest BCUT2D eigenvalue weighted by Gasteiger charge is 2.30. The van der Waals surface area contributed by atoms with Crippen molar-refractivity contribution < 1.29 is 14.3 Å². The fourth-order valence-electron chi connectivity index (χ4n) is 2.69. The van der Waals surface area contributed by atoms with Gasteiger partial charge in [0.25, 0.3) is 0 Å². The summed E-state index contributed by atoms with van der Waals surface area (Å²) in [5, 5.41) is 2.77. The van der Waals surface area contributed by atoms with E-state index in [9.17, 15) is 9.59 Å². The molecule has 8 heteroatoms. The minimum atomic E-state index is -0.471. The summed E-state index contributed by atoms with van der Waals surface area (Å²) in [5.74, 6) is 0.598. The van der Waals surface area contributed by atoms with Crippen molar-refractivity contribution in [2.24, 2.45) is 0 Å². The predicted octanol–water partition coefficient (Wildman–Crippen LogP) is 1.10. The summed E-state index contributed by atoms with van der Waals surface area (Å²) in [4.78, 5) is 34.0. The first-order valence-corrected chi connectivity index (χ1v) is 9.48. The van der Waals surface area contributed by atoms with Gasteiger partial charge in [0, 0.05) is 25.9 Å². The molecule has 0 saturated carbocycles. The molecule has 2 unspecified atom stereocenters. The SMILES string of the molecule is CSCCC(NC(C)=O)C(=O)N1CCCC(Oc2ncccn2)C1. The topological polar surface area (TPSA) is 84.4 Å². The number of piperidine rings is 1. The molecule has 0 bridgehead atoms. The van der Waals surface area contributed by atoms with E-state index >= 15 is 0 Å². The molecule has 1 aromatic rings. The maximum Gasteiger partial charge on any atom is 0.316 e. The first kappa shape index (κ1) is 18.5. The van der Waals surface area contributed by atoms with Crippen molar-refractivity contribution in [2.45, 2.75) is 38.3 Å². The maximum absolute atomic E-state index is 12.8. The number of carbonyl (C=O) groups excluding carboxylic acids is 2. The first-order chi connectivity index (χ1) is 11.6. The van der Waals surface area contributed by atoms with E-state index in [-0.39, 0.29) is 17.9 Å². The van der Waals surface area contributed by atoms with Gasteiger partial charge in [-0.25, -0.2) is 9.97 Å². The van der Waals surface area contributed by atoms with Crippen molar-refractivity contribution >= 4 is 23.6 Å². The second-order valence-electron chi connectivity index (χ2n) is 5.73. The van der Waals surface area contributed by atoms with Crippen molar-refractivity contribution in [1.29, 1.82) is 0 Å². The number of carbonyl (C=O) groups is 2. The molecule has 1 fully saturated rings. The van der Waals surface area contributed by atoms with E-state index in [1.165, 1.54) is 6.92 Å². The quantitative estimate of drug-likeness (QED) is 0.791. The molecular formula is C16H24N4O3S. The van der Waals surface area contributed by atoms with Crippen LogP contribution in [0.2, 0.25) is 0 Å². The number of thioether (sulfide) groups is 1. The molecule has 2 amide bonds. The van der Waals surface area contributed by atoms with Crippen molar-refractivity contribution in [3.05, 3.63) is 18.5 Å². The summed E-state index contributed by atoms with van der Waals surface area (Å²) in [5.41, 5.74) is 0. The van der Waals surface area contributed by atoms with Crippen LogP contribution >= 0.6 is 11.8 Å². The molecule has 2 rings (SSSR count). The van der Waals surface area contributed by atoms with E-state index in [0.29, 0.717) is 25.5 Å². The lowest BCUT2D eigenvalue weighted by Gasteiger charge is -2.34. The zero-order chi connectivity index (χ0) is 17.4. The molecular weight excluding hydrogens is 328 g/mol. The zero-order valence-corrected chi connectivity index (χ0v) is 14.9. The Labute approximate surface area is 146 Å². The van der Waals surface area contributed by atoms with Gasteiger partial charge in [-0.3, -0.25) is 9.59 Å². The molecule has 0 aromatic carbocycles. The number of rotatable bonds is 7. The molecule has 1 aliphatic rings. The van der Waals surface area contributed by atoms with Crippen molar-refractivity contribution in [3.8, 4) is 6.01 Å². The van der Waals surface area contributed by atoms with Gasteiger partial charge in [0.05, 0.1) is 6.54 Å². The van der Waals surface area contributed by atoms with Gasteiger partial charge in [-0.05, 0) is 37.3 Å². The van der Waals surface area contributed by atoms with Crippen LogP contribution in [0.25, 0.3) is 0 Å². The molecule has 24 heavy (non-hydrogen) atoms. The van der Waals surface area contributed by atoms with Crippen LogP contribution in [0.4, 0.5) is 0 Å². The average molecular weight is 352 g/mol. The number of nitrogens with one attached hydrogen (secondary N) is 1. The Bertz CT molecular complexity index is 543. The van der Waals surface area contributed by atoms with E-state index in [1.807, 2.05) is 6.26 Å². The van der Waals surface area contributed by atoms with Crippen molar-refractivity contribution in [2.75, 3.05) is 25.1 Å². The molecule has 1 aromatic heterocycles. The molecule has 7 nitrogen and oxygen atoms in total. The van der Waals surface area contributed by atoms with Crippen LogP contribution in [0.3, 0.4) is 0 Å². The average Bonchev–Trinajstić information content (AvgIpc) is 2.59. The monoisotopic (exact) mass is 352 g/mol. The fourth-order valence-corrected chi connectivity index (χ4v) is 3.16. The van der Waals surface area contributed by atoms with E-state index in [0.717, 1.165) is 18.6 Å². The van der Waals surface area contributed by atoms with Crippen LogP contribution < -0.4 is 10.1 Å². The third-order valence-electron chi connectivity index (χ3n) is 3.79. The number of hydrogen-bond acceptors (Lipinski definition) is 6. The Kier molecular flexibility index (Phi) is 7.30. The molecule has 1 saturated heterocycles. The van der Waals surface area contributed by atoms with Gasteiger partial charge in [-0.2, -0.15) is 11.8 Å². The van der Waals surface area contributed by atoms with Crippen molar-refractivity contribution in [3.63, 3.8) is 0 Å². The van der Waals surface area contributed by atoms with Crippen LogP contribution in [0.5, 0.6) is 6.01 Å². The Hall–Kier alpha value is -1.83. The molecule has 0 radical (unpaired) electrons. The van der Waals surface area contributed by atoms with Crippen LogP contribution in [0.1, 0.15) is 26.2 Å². The molecule has 1 N–H and O–H groups in total. The van der Waals surface area contributed by atoms with Crippen LogP contribution in [-0.4, -0.2) is 63.9 Å². The Morgan fingerprint density at radius 2 is 2.21 bits per heavy atom. The lowest BCUT2D eigenvalue weighted by molar-refractivity contribution is -0.138. The van der Waals surface area contributed by atoms with Crippen LogP contribution in [0.15, 0.2) is 18.5 Å². The van der Waals surface area contributed by atoms with Crippen LogP contribution in [0, 0.1) is 0 Å². The maximum atomic E-state index is 12.8. The predicted molar refractivity (Wildman–Crippen MR) is 92.9 cm³/mol. The summed E-state index contributed by atoms with van der Waals surface area (Å²) in [7, 11) is 0. The number of ether oxygens (including phenoxy) is 1. The largest absolute Gasteiger partial charge is 0.458 e. The third-order valence-corrected chi connectivity index (χ3v) is 4.43. The van der Waals surface area contributed by atoms with E-state index in [2.05, 4.69) is 15.3 Å². The first-order valence-electron chi connectivity index (χ1n) is 8.08. The minimum Gasteiger partial charge on any atom is -0.458 e. The van der Waals surface area contributed by atoms with Gasteiger partial charge < -0.3 is 15.0 Å². The molecule has 132 valence electrons. The number of nitrogens with zero attached hydrogens (tertiary/aromatic N) is 3. The number of amides is 2. The summed E-state index contributed by atoms with van der Waals surface area (Å²) < 4.78 is 5.77. The normalized spacial score (nSPS) is 18.8. The highest BCUT2D eigenvalue weighted by molar-refractivity contribution is 7.98. The molecule has 1 aliphatic heterocycles. The number of aromatic nitrogens is 2. The molecule has 2 atom stereocenters. The Morgan fingerprint density at radius 3 is 2.88 bits per heavy atom. The summed E-state index contributed by atoms with van der Waals surface area (Å²) in [6.07, 6.45) is 7.47. The zero-order valence-electron chi connectivity index (χ0n) is 14.1. The molecule has 0 spiro atoms. The molecule has 0 aliphatic carbocycles. The van der Waals surface area contributed by atoms with Gasteiger partial charge in [-0.15, -0.1) is 0 Å². The van der Waals surface area contributed by atoms with Gasteiger partial charge in [-0.1, -0.05) is 0 Å². The fraction of sp³-hybridized carbons (Fsp3) is 0.625. The Balaban J connectivity index is 1.95. The lowest BCUT2D eigenvalue weighted by atomic mass is 10.1. The number of hydrogen-bond donors (Lipinski definition) is 1. The molecule has 2 heterocycles.